The lowest BCUT2D eigenvalue weighted by Gasteiger charge is -2.21. The first-order valence-corrected chi connectivity index (χ1v) is 9.63. The van der Waals surface area contributed by atoms with Gasteiger partial charge in [-0.2, -0.15) is 0 Å². The predicted octanol–water partition coefficient (Wildman–Crippen LogP) is 0.929. The Hall–Kier alpha value is -0.990. The first kappa shape index (κ1) is 15.9. The number of ether oxygens (including phenoxy) is 1. The number of sulfonamides is 1. The third kappa shape index (κ3) is 4.05. The molecule has 0 bridgehead atoms. The van der Waals surface area contributed by atoms with Crippen LogP contribution in [0.2, 0.25) is 0 Å². The molecule has 0 atom stereocenters. The number of nitrogens with one attached hydrogen (secondary N) is 1. The molecule has 0 spiro atoms. The van der Waals surface area contributed by atoms with E-state index in [0.29, 0.717) is 24.1 Å². The summed E-state index contributed by atoms with van der Waals surface area (Å²) in [6.45, 7) is 1.72. The number of nitrogens with zero attached hydrogens (tertiary/aromatic N) is 3. The molecule has 22 heavy (non-hydrogen) atoms. The van der Waals surface area contributed by atoms with Gasteiger partial charge in [0.2, 0.25) is 10.0 Å². The van der Waals surface area contributed by atoms with Crippen molar-refractivity contribution in [2.75, 3.05) is 19.0 Å². The van der Waals surface area contributed by atoms with Gasteiger partial charge in [-0.15, -0.1) is 10.2 Å². The summed E-state index contributed by atoms with van der Waals surface area (Å²) in [7, 11) is -1.36. The minimum Gasteiger partial charge on any atom is -0.381 e. The minimum absolute atomic E-state index is 0.172. The molecule has 1 saturated carbocycles. The maximum Gasteiger partial charge on any atom is 0.212 e. The van der Waals surface area contributed by atoms with E-state index < -0.39 is 10.0 Å². The van der Waals surface area contributed by atoms with Gasteiger partial charge in [-0.1, -0.05) is 0 Å². The standard InChI is InChI=1S/C14H24N4O3S/c1-18-13(16-17-14(18)12-2-3-12)10-15-22(19,20)9-6-11-4-7-21-8-5-11/h11-12,15H,2-10H2,1H3. The molecule has 0 radical (unpaired) electrons. The molecule has 124 valence electrons. The molecule has 1 aliphatic carbocycles. The lowest BCUT2D eigenvalue weighted by atomic mass is 9.98. The maximum atomic E-state index is 12.1. The summed E-state index contributed by atoms with van der Waals surface area (Å²) in [4.78, 5) is 0. The Kier molecular flexibility index (Phi) is 4.79. The number of hydrogen-bond donors (Lipinski definition) is 1. The quantitative estimate of drug-likeness (QED) is 0.804. The van der Waals surface area contributed by atoms with Crippen LogP contribution < -0.4 is 4.72 Å². The van der Waals surface area contributed by atoms with Crippen molar-refractivity contribution in [1.29, 1.82) is 0 Å². The molecule has 7 nitrogen and oxygen atoms in total. The second-order valence-corrected chi connectivity index (χ2v) is 8.22. The van der Waals surface area contributed by atoms with Crippen molar-refractivity contribution >= 4 is 10.0 Å². The second-order valence-electron chi connectivity index (χ2n) is 6.29. The molecular formula is C14H24N4O3S. The summed E-state index contributed by atoms with van der Waals surface area (Å²) < 4.78 is 34.1. The summed E-state index contributed by atoms with van der Waals surface area (Å²) in [5.74, 6) is 2.79. The van der Waals surface area contributed by atoms with E-state index in [-0.39, 0.29) is 12.3 Å². The Morgan fingerprint density at radius 3 is 2.64 bits per heavy atom. The van der Waals surface area contributed by atoms with Gasteiger partial charge in [-0.3, -0.25) is 0 Å². The van der Waals surface area contributed by atoms with Crippen molar-refractivity contribution < 1.29 is 13.2 Å². The van der Waals surface area contributed by atoms with Gasteiger partial charge < -0.3 is 9.30 Å². The predicted molar refractivity (Wildman–Crippen MR) is 81.8 cm³/mol. The van der Waals surface area contributed by atoms with Crippen molar-refractivity contribution in [3.8, 4) is 0 Å². The third-order valence-electron chi connectivity index (χ3n) is 4.53. The first-order valence-electron chi connectivity index (χ1n) is 7.98. The molecule has 1 aliphatic heterocycles. The van der Waals surface area contributed by atoms with Gasteiger partial charge in [-0.05, 0) is 38.0 Å². The van der Waals surface area contributed by atoms with Crippen LogP contribution >= 0.6 is 0 Å². The zero-order valence-corrected chi connectivity index (χ0v) is 13.8. The van der Waals surface area contributed by atoms with Crippen molar-refractivity contribution in [2.24, 2.45) is 13.0 Å². The van der Waals surface area contributed by atoms with Crippen molar-refractivity contribution in [2.45, 2.75) is 44.6 Å². The highest BCUT2D eigenvalue weighted by Gasteiger charge is 2.29. The fourth-order valence-electron chi connectivity index (χ4n) is 2.83. The lowest BCUT2D eigenvalue weighted by molar-refractivity contribution is 0.0655. The van der Waals surface area contributed by atoms with Crippen LogP contribution in [0, 0.1) is 5.92 Å². The number of rotatable bonds is 7. The van der Waals surface area contributed by atoms with Crippen LogP contribution in [0.1, 0.15) is 49.7 Å². The van der Waals surface area contributed by atoms with Crippen LogP contribution in [0.15, 0.2) is 0 Å². The van der Waals surface area contributed by atoms with Crippen LogP contribution in [0.5, 0.6) is 0 Å². The molecule has 2 heterocycles. The Bertz CT molecular complexity index is 604. The molecule has 2 aliphatic rings. The Morgan fingerprint density at radius 1 is 1.23 bits per heavy atom. The Labute approximate surface area is 131 Å². The molecule has 0 amide bonds. The van der Waals surface area contributed by atoms with Gasteiger partial charge >= 0.3 is 0 Å². The van der Waals surface area contributed by atoms with Gasteiger partial charge in [0.05, 0.1) is 12.3 Å². The molecule has 3 rings (SSSR count). The second kappa shape index (κ2) is 6.64. The van der Waals surface area contributed by atoms with E-state index >= 15 is 0 Å². The summed E-state index contributed by atoms with van der Waals surface area (Å²) in [5, 5.41) is 8.26. The fourth-order valence-corrected chi connectivity index (χ4v) is 3.97. The maximum absolute atomic E-state index is 12.1. The number of aromatic nitrogens is 3. The molecule has 1 saturated heterocycles. The van der Waals surface area contributed by atoms with E-state index in [2.05, 4.69) is 14.9 Å². The average Bonchev–Trinajstić information content (AvgIpc) is 3.29. The van der Waals surface area contributed by atoms with E-state index in [4.69, 9.17) is 4.74 Å². The van der Waals surface area contributed by atoms with Crippen LogP contribution in [0.3, 0.4) is 0 Å². The molecule has 1 N–H and O–H groups in total. The Morgan fingerprint density at radius 2 is 1.95 bits per heavy atom. The van der Waals surface area contributed by atoms with Crippen LogP contribution in [0.4, 0.5) is 0 Å². The zero-order valence-electron chi connectivity index (χ0n) is 13.0. The molecule has 8 heteroatoms. The topological polar surface area (TPSA) is 86.1 Å². The fraction of sp³-hybridized carbons (Fsp3) is 0.857. The smallest absolute Gasteiger partial charge is 0.212 e. The van der Waals surface area contributed by atoms with Crippen molar-refractivity contribution in [3.05, 3.63) is 11.6 Å². The molecular weight excluding hydrogens is 304 g/mol. The van der Waals surface area contributed by atoms with E-state index in [9.17, 15) is 8.42 Å². The lowest BCUT2D eigenvalue weighted by Crippen LogP contribution is -2.29. The molecule has 0 unspecified atom stereocenters. The number of hydrogen-bond acceptors (Lipinski definition) is 5. The van der Waals surface area contributed by atoms with Gasteiger partial charge in [0.15, 0.2) is 0 Å². The van der Waals surface area contributed by atoms with Gasteiger partial charge in [0.25, 0.3) is 0 Å². The summed E-state index contributed by atoms with van der Waals surface area (Å²) >= 11 is 0. The van der Waals surface area contributed by atoms with E-state index in [1.54, 1.807) is 0 Å². The van der Waals surface area contributed by atoms with E-state index in [1.807, 2.05) is 11.6 Å². The molecule has 1 aromatic rings. The summed E-state index contributed by atoms with van der Waals surface area (Å²) in [5.41, 5.74) is 0. The van der Waals surface area contributed by atoms with Gasteiger partial charge in [-0.25, -0.2) is 13.1 Å². The highest BCUT2D eigenvalue weighted by atomic mass is 32.2. The van der Waals surface area contributed by atoms with Crippen molar-refractivity contribution in [3.63, 3.8) is 0 Å². The third-order valence-corrected chi connectivity index (χ3v) is 5.88. The Balaban J connectivity index is 1.49. The molecule has 0 aromatic carbocycles. The molecule has 2 fully saturated rings. The normalized spacial score (nSPS) is 20.4. The molecule has 1 aromatic heterocycles. The highest BCUT2D eigenvalue weighted by molar-refractivity contribution is 7.89. The average molecular weight is 328 g/mol. The van der Waals surface area contributed by atoms with E-state index in [0.717, 1.165) is 44.7 Å². The van der Waals surface area contributed by atoms with Crippen LogP contribution in [-0.2, 0) is 28.4 Å². The highest BCUT2D eigenvalue weighted by Crippen LogP contribution is 2.38. The monoisotopic (exact) mass is 328 g/mol. The summed E-state index contributed by atoms with van der Waals surface area (Å²) in [6.07, 6.45) is 4.93. The first-order chi connectivity index (χ1) is 10.6. The van der Waals surface area contributed by atoms with Crippen LogP contribution in [-0.4, -0.2) is 42.1 Å². The van der Waals surface area contributed by atoms with Gasteiger partial charge in [0, 0.05) is 26.2 Å². The van der Waals surface area contributed by atoms with E-state index in [1.165, 1.54) is 0 Å². The van der Waals surface area contributed by atoms with Crippen molar-refractivity contribution in [1.82, 2.24) is 19.5 Å². The minimum atomic E-state index is -3.26. The SMILES string of the molecule is Cn1c(CNS(=O)(=O)CCC2CCOCC2)nnc1C1CC1. The largest absolute Gasteiger partial charge is 0.381 e. The van der Waals surface area contributed by atoms with Crippen LogP contribution in [0.25, 0.3) is 0 Å². The van der Waals surface area contributed by atoms with Gasteiger partial charge in [0.1, 0.15) is 11.6 Å². The summed E-state index contributed by atoms with van der Waals surface area (Å²) in [6, 6.07) is 0. The zero-order chi connectivity index (χ0) is 15.6.